The van der Waals surface area contributed by atoms with Crippen molar-refractivity contribution in [3.8, 4) is 0 Å². The highest BCUT2D eigenvalue weighted by molar-refractivity contribution is 6.55. The summed E-state index contributed by atoms with van der Waals surface area (Å²) in [4.78, 5) is 13.8. The van der Waals surface area contributed by atoms with E-state index in [2.05, 4.69) is 0 Å². The second kappa shape index (κ2) is 7.35. The smallest absolute Gasteiger partial charge is 0.369 e. The lowest BCUT2D eigenvalue weighted by atomic mass is 9.92. The molecule has 1 fully saturated rings. The minimum Gasteiger partial charge on any atom is -0.369 e. The fraction of sp³-hybridized carbons (Fsp3) is 0.500. The molecule has 1 amide bonds. The molecule has 1 aliphatic rings. The monoisotopic (exact) mass is 463 g/mol. The van der Waals surface area contributed by atoms with E-state index in [0.29, 0.717) is 12.1 Å². The molecule has 3 nitrogen and oxygen atoms in total. The third kappa shape index (κ3) is 4.09. The molecule has 0 radical (unpaired) electrons. The number of rotatable bonds is 4. The molecule has 11 heteroatoms. The van der Waals surface area contributed by atoms with E-state index in [0.717, 1.165) is 17.0 Å². The Kier molecular flexibility index (Phi) is 6.04. The van der Waals surface area contributed by atoms with E-state index < -0.39 is 40.8 Å². The topological polar surface area (TPSA) is 40.5 Å². The summed E-state index contributed by atoms with van der Waals surface area (Å²) in [5.74, 6) is -1.18. The second-order valence-corrected chi connectivity index (χ2v) is 8.44. The summed E-state index contributed by atoms with van der Waals surface area (Å²) in [5, 5.41) is 9.42. The van der Waals surface area contributed by atoms with Gasteiger partial charge >= 0.3 is 12.4 Å². The van der Waals surface area contributed by atoms with Crippen LogP contribution in [0.1, 0.15) is 19.4 Å². The Bertz CT molecular complexity index is 799. The fourth-order valence-electron chi connectivity index (χ4n) is 3.35. The molecule has 0 unspecified atom stereocenters. The van der Waals surface area contributed by atoms with Gasteiger partial charge in [0.05, 0.1) is 5.92 Å². The van der Waals surface area contributed by atoms with E-state index in [-0.39, 0.29) is 16.1 Å². The summed E-state index contributed by atoms with van der Waals surface area (Å²) < 4.78 is 77.7. The predicted octanol–water partition coefficient (Wildman–Crippen LogP) is 5.55. The largest absolute Gasteiger partial charge is 0.430 e. The van der Waals surface area contributed by atoms with E-state index in [1.807, 2.05) is 0 Å². The number of benzene rings is 1. The average Bonchev–Trinajstić information content (AvgIpc) is 3.10. The zero-order valence-electron chi connectivity index (χ0n) is 15.4. The molecule has 1 N–H and O–H groups in total. The number of anilines is 1. The van der Waals surface area contributed by atoms with Crippen molar-refractivity contribution in [2.24, 2.45) is 17.3 Å². The number of hydrogen-bond donors (Lipinski definition) is 1. The Hall–Kier alpha value is -1.45. The molecule has 0 bridgehead atoms. The number of amides is 1. The number of nitrogens with zero attached hydrogens (tertiary/aromatic N) is 1. The Morgan fingerprint density at radius 2 is 1.52 bits per heavy atom. The van der Waals surface area contributed by atoms with Crippen molar-refractivity contribution in [2.75, 3.05) is 11.9 Å². The molecule has 2 atom stereocenters. The van der Waals surface area contributed by atoms with Crippen molar-refractivity contribution in [1.29, 1.82) is 0 Å². The number of alkyl halides is 6. The van der Waals surface area contributed by atoms with Crippen LogP contribution < -0.4 is 4.90 Å². The highest BCUT2D eigenvalue weighted by Gasteiger charge is 2.71. The van der Waals surface area contributed by atoms with Crippen LogP contribution in [0.4, 0.5) is 32.0 Å². The van der Waals surface area contributed by atoms with Gasteiger partial charge in [0, 0.05) is 18.3 Å². The first-order valence-electron chi connectivity index (χ1n) is 8.23. The Morgan fingerprint density at radius 3 is 1.90 bits per heavy atom. The lowest BCUT2D eigenvalue weighted by molar-refractivity contribution is -0.376. The summed E-state index contributed by atoms with van der Waals surface area (Å²) in [6, 6.07) is 2.80. The molecule has 2 rings (SSSR count). The number of hydrogen-bond acceptors (Lipinski definition) is 2. The molecule has 0 spiro atoms. The van der Waals surface area contributed by atoms with Gasteiger partial charge in [0.2, 0.25) is 5.91 Å². The first-order valence-corrected chi connectivity index (χ1v) is 8.98. The van der Waals surface area contributed by atoms with Crippen molar-refractivity contribution in [3.63, 3.8) is 0 Å². The molecule has 162 valence electrons. The van der Waals surface area contributed by atoms with E-state index in [9.17, 15) is 36.2 Å². The standard InChI is InChI=1S/C18H17Cl2F6NO2/c1-15(2)11(8-12(19)20)13(15)14(28)27(3)10-6-4-9(5-7-10)16(29,17(21,22)23)18(24,25)26/h4-8,11,13,29H,1-3H3/t11-,13+/m1/s1. The summed E-state index contributed by atoms with van der Waals surface area (Å²) in [6.07, 6.45) is -10.4. The summed E-state index contributed by atoms with van der Waals surface area (Å²) in [6.45, 7) is 3.61. The normalized spacial score (nSPS) is 21.5. The van der Waals surface area contributed by atoms with Crippen LogP contribution in [-0.2, 0) is 10.4 Å². The molecule has 0 saturated heterocycles. The number of halogens is 8. The van der Waals surface area contributed by atoms with Gasteiger partial charge in [-0.3, -0.25) is 4.79 Å². The minimum atomic E-state index is -5.98. The van der Waals surface area contributed by atoms with Crippen molar-refractivity contribution in [3.05, 3.63) is 40.4 Å². The van der Waals surface area contributed by atoms with Crippen molar-refractivity contribution >= 4 is 34.8 Å². The molecule has 0 aromatic heterocycles. The lowest BCUT2D eigenvalue weighted by Gasteiger charge is -2.33. The van der Waals surface area contributed by atoms with E-state index in [1.165, 1.54) is 13.1 Å². The molecule has 1 aliphatic carbocycles. The van der Waals surface area contributed by atoms with E-state index in [1.54, 1.807) is 13.8 Å². The quantitative estimate of drug-likeness (QED) is 0.594. The third-order valence-corrected chi connectivity index (χ3v) is 5.56. The highest BCUT2D eigenvalue weighted by atomic mass is 35.5. The molecule has 1 aromatic rings. The van der Waals surface area contributed by atoms with Gasteiger partial charge in [-0.25, -0.2) is 0 Å². The molecular formula is C18H17Cl2F6NO2. The Balaban J connectivity index is 2.31. The summed E-state index contributed by atoms with van der Waals surface area (Å²) in [7, 11) is 1.34. The maximum absolute atomic E-state index is 13.0. The maximum Gasteiger partial charge on any atom is 0.430 e. The van der Waals surface area contributed by atoms with Gasteiger partial charge in [-0.1, -0.05) is 49.2 Å². The molecular weight excluding hydrogens is 447 g/mol. The molecule has 1 saturated carbocycles. The van der Waals surface area contributed by atoms with Crippen LogP contribution in [0.2, 0.25) is 0 Å². The van der Waals surface area contributed by atoms with E-state index >= 15 is 0 Å². The van der Waals surface area contributed by atoms with Gasteiger partial charge in [-0.2, -0.15) is 26.3 Å². The van der Waals surface area contributed by atoms with Crippen molar-refractivity contribution in [2.45, 2.75) is 31.8 Å². The highest BCUT2D eigenvalue weighted by Crippen LogP contribution is 2.60. The average molecular weight is 464 g/mol. The number of allylic oxidation sites excluding steroid dienone is 1. The zero-order chi connectivity index (χ0) is 22.6. The van der Waals surface area contributed by atoms with Crippen molar-refractivity contribution in [1.82, 2.24) is 0 Å². The van der Waals surface area contributed by atoms with Gasteiger partial charge < -0.3 is 10.0 Å². The summed E-state index contributed by atoms with van der Waals surface area (Å²) in [5.41, 5.74) is -6.82. The van der Waals surface area contributed by atoms with E-state index in [4.69, 9.17) is 23.2 Å². The Labute approximate surface area is 172 Å². The van der Waals surface area contributed by atoms with Crippen LogP contribution in [-0.4, -0.2) is 30.4 Å². The van der Waals surface area contributed by atoms with Crippen LogP contribution in [0.15, 0.2) is 34.8 Å². The number of carbonyl (C=O) groups excluding carboxylic acids is 1. The van der Waals surface area contributed by atoms with Gasteiger partial charge in [0.25, 0.3) is 5.60 Å². The van der Waals surface area contributed by atoms with Gasteiger partial charge in [-0.15, -0.1) is 0 Å². The Morgan fingerprint density at radius 1 is 1.07 bits per heavy atom. The second-order valence-electron chi connectivity index (χ2n) is 7.43. The maximum atomic E-state index is 13.0. The number of aliphatic hydroxyl groups is 1. The molecule has 29 heavy (non-hydrogen) atoms. The van der Waals surface area contributed by atoms with Gasteiger partial charge in [-0.05, 0) is 29.5 Å². The number of carbonyl (C=O) groups is 1. The van der Waals surface area contributed by atoms with Crippen LogP contribution in [0.25, 0.3) is 0 Å². The van der Waals surface area contributed by atoms with Crippen molar-refractivity contribution < 1.29 is 36.2 Å². The SMILES string of the molecule is CN(C(=O)[C@@H]1[C@@H](C=C(Cl)Cl)C1(C)C)c1ccc(C(O)(C(F)(F)F)C(F)(F)F)cc1. The van der Waals surface area contributed by atoms with Crippen LogP contribution in [0, 0.1) is 17.3 Å². The van der Waals surface area contributed by atoms with Crippen LogP contribution in [0.3, 0.4) is 0 Å². The zero-order valence-corrected chi connectivity index (χ0v) is 16.9. The van der Waals surface area contributed by atoms with Crippen LogP contribution >= 0.6 is 23.2 Å². The lowest BCUT2D eigenvalue weighted by Crippen LogP contribution is -2.53. The van der Waals surface area contributed by atoms with Gasteiger partial charge in [0.1, 0.15) is 4.49 Å². The van der Waals surface area contributed by atoms with Crippen LogP contribution in [0.5, 0.6) is 0 Å². The third-order valence-electron chi connectivity index (χ3n) is 5.31. The first-order chi connectivity index (χ1) is 13.0. The molecule has 0 heterocycles. The minimum absolute atomic E-state index is 0.0102. The molecule has 1 aromatic carbocycles. The molecule has 0 aliphatic heterocycles. The summed E-state index contributed by atoms with van der Waals surface area (Å²) >= 11 is 11.3. The predicted molar refractivity (Wildman–Crippen MR) is 96.4 cm³/mol. The first kappa shape index (κ1) is 23.8. The van der Waals surface area contributed by atoms with Gasteiger partial charge in [0.15, 0.2) is 0 Å². The fourth-order valence-corrected chi connectivity index (χ4v) is 3.62.